The van der Waals surface area contributed by atoms with Gasteiger partial charge in [-0.25, -0.2) is 19.7 Å². The fraction of sp³-hybridized carbons (Fsp3) is 0.680. The maximum absolute atomic E-state index is 11.9. The van der Waals surface area contributed by atoms with Crippen molar-refractivity contribution in [3.63, 3.8) is 0 Å². The SMILES string of the molecule is Nc1nc(C#CC(O)(C2CCCCC2)C2CCCCC2)nc2c1ncn2C1OC(C(=O)O)C(O)C1O. The highest BCUT2D eigenvalue weighted by atomic mass is 16.6. The number of hydrogen-bond donors (Lipinski definition) is 5. The number of carbonyl (C=O) groups is 1. The smallest absolute Gasteiger partial charge is 0.335 e. The first kappa shape index (κ1) is 24.9. The molecule has 0 spiro atoms. The number of carboxylic acid groups (broad SMARTS) is 1. The molecule has 36 heavy (non-hydrogen) atoms. The van der Waals surface area contributed by atoms with Gasteiger partial charge in [-0.1, -0.05) is 44.4 Å². The standard InChI is InChI=1S/C25H33N5O6/c26-21-17-22(30(13-27-17)23-19(32)18(31)20(36-23)24(33)34)29-16(28-21)11-12-25(35,14-7-3-1-4-8-14)15-9-5-2-6-10-15/h13-15,18-20,23,31-32,35H,1-10H2,(H,33,34)(H2,26,28,29). The lowest BCUT2D eigenvalue weighted by atomic mass is 9.66. The summed E-state index contributed by atoms with van der Waals surface area (Å²) < 4.78 is 6.72. The van der Waals surface area contributed by atoms with E-state index < -0.39 is 36.1 Å². The highest BCUT2D eigenvalue weighted by molar-refractivity contribution is 5.82. The normalized spacial score (nSPS) is 28.2. The molecule has 4 atom stereocenters. The maximum Gasteiger partial charge on any atom is 0.335 e. The minimum atomic E-state index is -1.62. The number of nitrogen functional groups attached to an aromatic ring is 1. The third kappa shape index (κ3) is 4.43. The zero-order valence-corrected chi connectivity index (χ0v) is 20.1. The molecule has 3 fully saturated rings. The van der Waals surface area contributed by atoms with E-state index in [1.54, 1.807) is 0 Å². The fourth-order valence-electron chi connectivity index (χ4n) is 6.05. The van der Waals surface area contributed by atoms with E-state index in [9.17, 15) is 25.2 Å². The van der Waals surface area contributed by atoms with Gasteiger partial charge in [0.25, 0.3) is 0 Å². The highest BCUT2D eigenvalue weighted by Gasteiger charge is 2.48. The monoisotopic (exact) mass is 499 g/mol. The van der Waals surface area contributed by atoms with E-state index in [4.69, 9.17) is 10.5 Å². The van der Waals surface area contributed by atoms with Gasteiger partial charge in [0.2, 0.25) is 5.82 Å². The molecular formula is C25H33N5O6. The number of ether oxygens (including phenoxy) is 1. The van der Waals surface area contributed by atoms with Gasteiger partial charge >= 0.3 is 5.97 Å². The van der Waals surface area contributed by atoms with Crippen LogP contribution in [0.5, 0.6) is 0 Å². The molecule has 2 aromatic heterocycles. The summed E-state index contributed by atoms with van der Waals surface area (Å²) in [6.07, 6.45) is 5.82. The van der Waals surface area contributed by atoms with Crippen LogP contribution in [0.4, 0.5) is 5.82 Å². The van der Waals surface area contributed by atoms with Crippen molar-refractivity contribution in [2.75, 3.05) is 5.73 Å². The summed E-state index contributed by atoms with van der Waals surface area (Å²) in [5.74, 6) is 5.10. The number of fused-ring (bicyclic) bond motifs is 1. The number of imidazole rings is 1. The van der Waals surface area contributed by atoms with E-state index in [-0.39, 0.29) is 34.6 Å². The van der Waals surface area contributed by atoms with Crippen LogP contribution in [0.2, 0.25) is 0 Å². The predicted molar refractivity (Wildman–Crippen MR) is 128 cm³/mol. The minimum Gasteiger partial charge on any atom is -0.479 e. The van der Waals surface area contributed by atoms with Gasteiger partial charge in [-0.2, -0.15) is 0 Å². The second kappa shape index (κ2) is 9.94. The average Bonchev–Trinajstić information content (AvgIpc) is 3.44. The zero-order valence-electron chi connectivity index (χ0n) is 20.1. The number of aliphatic hydroxyl groups is 3. The summed E-state index contributed by atoms with van der Waals surface area (Å²) in [6.45, 7) is 0. The molecule has 11 nitrogen and oxygen atoms in total. The number of aliphatic carboxylic acids is 1. The number of nitrogens with zero attached hydrogens (tertiary/aromatic N) is 4. The van der Waals surface area contributed by atoms with Crippen molar-refractivity contribution in [1.82, 2.24) is 19.5 Å². The Balaban J connectivity index is 1.51. The molecule has 6 N–H and O–H groups in total. The Morgan fingerprint density at radius 2 is 1.64 bits per heavy atom. The largest absolute Gasteiger partial charge is 0.479 e. The molecule has 0 amide bonds. The quantitative estimate of drug-likeness (QED) is 0.386. The fourth-order valence-corrected chi connectivity index (χ4v) is 6.05. The average molecular weight is 500 g/mol. The Hall–Kier alpha value is -2.78. The molecular weight excluding hydrogens is 466 g/mol. The molecule has 194 valence electrons. The summed E-state index contributed by atoms with van der Waals surface area (Å²) in [5, 5.41) is 41.7. The van der Waals surface area contributed by atoms with Crippen molar-refractivity contribution in [3.05, 3.63) is 12.2 Å². The molecule has 0 bridgehead atoms. The number of aromatic nitrogens is 4. The lowest BCUT2D eigenvalue weighted by Crippen LogP contribution is -2.45. The lowest BCUT2D eigenvalue weighted by molar-refractivity contribution is -0.155. The van der Waals surface area contributed by atoms with Gasteiger partial charge in [0, 0.05) is 0 Å². The minimum absolute atomic E-state index is 0.0599. The molecule has 0 aromatic carbocycles. The van der Waals surface area contributed by atoms with Crippen LogP contribution in [-0.4, -0.2) is 69.8 Å². The molecule has 5 rings (SSSR count). The van der Waals surface area contributed by atoms with Gasteiger partial charge in [-0.15, -0.1) is 0 Å². The zero-order chi connectivity index (χ0) is 25.4. The second-order valence-electron chi connectivity index (χ2n) is 10.3. The number of anilines is 1. The van der Waals surface area contributed by atoms with Crippen LogP contribution < -0.4 is 5.73 Å². The lowest BCUT2D eigenvalue weighted by Gasteiger charge is -2.42. The predicted octanol–water partition coefficient (Wildman–Crippen LogP) is 1.36. The molecule has 1 saturated heterocycles. The molecule has 3 aliphatic rings. The number of carboxylic acids is 1. The van der Waals surface area contributed by atoms with E-state index in [0.29, 0.717) is 0 Å². The van der Waals surface area contributed by atoms with Gasteiger partial charge < -0.3 is 30.9 Å². The van der Waals surface area contributed by atoms with E-state index in [1.165, 1.54) is 23.7 Å². The van der Waals surface area contributed by atoms with E-state index >= 15 is 0 Å². The van der Waals surface area contributed by atoms with Crippen molar-refractivity contribution < 1.29 is 30.0 Å². The number of hydrogen-bond acceptors (Lipinski definition) is 9. The first-order valence-electron chi connectivity index (χ1n) is 12.8. The van der Waals surface area contributed by atoms with Crippen molar-refractivity contribution in [2.45, 2.75) is 94.3 Å². The van der Waals surface area contributed by atoms with Crippen LogP contribution in [0.3, 0.4) is 0 Å². The molecule has 2 aromatic rings. The molecule has 4 unspecified atom stereocenters. The van der Waals surface area contributed by atoms with Crippen LogP contribution in [0.15, 0.2) is 6.33 Å². The van der Waals surface area contributed by atoms with Crippen LogP contribution in [0.1, 0.15) is 76.3 Å². The highest BCUT2D eigenvalue weighted by Crippen LogP contribution is 2.42. The van der Waals surface area contributed by atoms with Crippen LogP contribution in [0.25, 0.3) is 11.2 Å². The summed E-state index contributed by atoms with van der Waals surface area (Å²) in [6, 6.07) is 0. The third-order valence-corrected chi connectivity index (χ3v) is 8.03. The molecule has 2 aliphatic carbocycles. The second-order valence-corrected chi connectivity index (χ2v) is 10.3. The van der Waals surface area contributed by atoms with Crippen molar-refractivity contribution in [1.29, 1.82) is 0 Å². The summed E-state index contributed by atoms with van der Waals surface area (Å²) >= 11 is 0. The first-order valence-corrected chi connectivity index (χ1v) is 12.8. The molecule has 1 aliphatic heterocycles. The molecule has 3 heterocycles. The topological polar surface area (TPSA) is 177 Å². The van der Waals surface area contributed by atoms with Crippen LogP contribution in [0, 0.1) is 23.7 Å². The Bertz CT molecular complexity index is 1160. The molecule has 11 heteroatoms. The Kier molecular flexibility index (Phi) is 6.87. The van der Waals surface area contributed by atoms with E-state index in [0.717, 1.165) is 51.4 Å². The molecule has 2 saturated carbocycles. The van der Waals surface area contributed by atoms with Gasteiger partial charge in [0.15, 0.2) is 23.8 Å². The van der Waals surface area contributed by atoms with Gasteiger partial charge in [0.05, 0.1) is 6.33 Å². The Morgan fingerprint density at radius 1 is 1.03 bits per heavy atom. The number of aliphatic hydroxyl groups excluding tert-OH is 2. The number of nitrogens with two attached hydrogens (primary N) is 1. The van der Waals surface area contributed by atoms with Gasteiger partial charge in [0.1, 0.15) is 23.3 Å². The Morgan fingerprint density at radius 3 is 2.19 bits per heavy atom. The Labute approximate surface area is 208 Å². The van der Waals surface area contributed by atoms with E-state index in [1.807, 2.05) is 0 Å². The molecule has 0 radical (unpaired) electrons. The number of rotatable bonds is 4. The van der Waals surface area contributed by atoms with Gasteiger partial charge in [-0.05, 0) is 43.4 Å². The maximum atomic E-state index is 11.9. The summed E-state index contributed by atoms with van der Waals surface area (Å²) in [7, 11) is 0. The summed E-state index contributed by atoms with van der Waals surface area (Å²) in [5.41, 5.74) is 5.42. The first-order chi connectivity index (χ1) is 17.3. The van der Waals surface area contributed by atoms with Crippen molar-refractivity contribution >= 4 is 23.0 Å². The van der Waals surface area contributed by atoms with Crippen molar-refractivity contribution in [3.8, 4) is 11.8 Å². The van der Waals surface area contributed by atoms with Crippen LogP contribution >= 0.6 is 0 Å². The third-order valence-electron chi connectivity index (χ3n) is 8.03. The van der Waals surface area contributed by atoms with Crippen LogP contribution in [-0.2, 0) is 9.53 Å². The van der Waals surface area contributed by atoms with E-state index in [2.05, 4.69) is 26.8 Å². The summed E-state index contributed by atoms with van der Waals surface area (Å²) in [4.78, 5) is 24.3. The van der Waals surface area contributed by atoms with Crippen molar-refractivity contribution in [2.24, 2.45) is 11.8 Å². The van der Waals surface area contributed by atoms with Gasteiger partial charge in [-0.3, -0.25) is 4.57 Å².